The van der Waals surface area contributed by atoms with Crippen molar-refractivity contribution >= 4 is 82.2 Å². The summed E-state index contributed by atoms with van der Waals surface area (Å²) >= 11 is 0. The minimum absolute atomic E-state index is 0. The quantitative estimate of drug-likeness (QED) is 0.0647. The topological polar surface area (TPSA) is 290 Å². The van der Waals surface area contributed by atoms with Crippen LogP contribution in [-0.2, 0) is 20.2 Å². The first-order chi connectivity index (χ1) is 21.5. The number of nitrogens with zero attached hydrogens (tertiary/aromatic N) is 4. The number of nitrogens with two attached hydrogens (primary N) is 1. The Morgan fingerprint density at radius 1 is 0.620 bits per heavy atom. The number of hydrogen-bond acceptors (Lipinski definition) is 16. The van der Waals surface area contributed by atoms with Gasteiger partial charge in [-0.25, -0.2) is 16.8 Å². The molecule has 0 saturated heterocycles. The molecule has 0 aliphatic carbocycles. The number of anilines is 1. The van der Waals surface area contributed by atoms with Crippen molar-refractivity contribution in [2.45, 2.75) is 9.79 Å². The summed E-state index contributed by atoms with van der Waals surface area (Å²) in [6.07, 6.45) is 0. The zero-order valence-corrected chi connectivity index (χ0v) is 36.3. The molecule has 0 aliphatic rings. The molecule has 0 fully saturated rings. The van der Waals surface area contributed by atoms with Gasteiger partial charge in [-0.05, 0) is 66.0 Å². The standard InChI is InChI=1S/C28H19N5O11S2.4Na/c29-16-2-1-13-10-24(46(42,43)44)25(26(34)20(13)11-16)33-32-23-6-5-22(19-4-3-18(12-21(19)23)45(39,40)41)31-30-17-8-14(27(35)36)7-15(9-17)28(37)38;;;;/h1-12,34H,29H2,(H,35,36)(H,37,38)(H,39,40,41)(H,42,43,44);;;;/q;4*+1/p-4. The third kappa shape index (κ3) is 10.4. The molecule has 234 valence electrons. The molecule has 5 aromatic carbocycles. The number of carboxylic acids is 2. The number of carboxylic acid groups (broad SMARTS) is 2. The number of fused-ring (bicyclic) bond motifs is 2. The van der Waals surface area contributed by atoms with E-state index < -0.39 is 64.5 Å². The Balaban J connectivity index is 0.00000312. The number of aromatic hydroxyl groups is 1. The summed E-state index contributed by atoms with van der Waals surface area (Å²) in [7, 11) is -10.2. The SMILES string of the molecule is Nc1ccc2cc(S(=O)(=O)[O-])c(N=Nc3ccc(N=Nc4cc(C(=O)[O-])cc(C(=O)[O-])c4)c4ccc(S(=O)(=O)[O-])cc34)c(O)c2c1.[Na+].[Na+].[Na+].[Na+]. The molecule has 5 aromatic rings. The van der Waals surface area contributed by atoms with E-state index in [9.17, 15) is 50.8 Å². The van der Waals surface area contributed by atoms with Crippen LogP contribution < -0.4 is 134 Å². The summed E-state index contributed by atoms with van der Waals surface area (Å²) in [5.41, 5.74) is 3.75. The number of carbonyl (C=O) groups is 2. The molecule has 22 heteroatoms. The maximum atomic E-state index is 12.1. The Hall–Kier alpha value is -1.82. The van der Waals surface area contributed by atoms with Crippen LogP contribution in [0.25, 0.3) is 21.5 Å². The zero-order chi connectivity index (χ0) is 33.6. The van der Waals surface area contributed by atoms with Gasteiger partial charge in [0.05, 0.1) is 38.8 Å². The molecular formula is C28H15N5Na4O11S2. The molecular weight excluding hydrogens is 738 g/mol. The second-order valence-corrected chi connectivity index (χ2v) is 12.2. The molecule has 0 atom stereocenters. The minimum Gasteiger partial charge on any atom is -0.744 e. The number of rotatable bonds is 8. The van der Waals surface area contributed by atoms with Crippen LogP contribution >= 0.6 is 0 Å². The molecule has 0 aromatic heterocycles. The summed E-state index contributed by atoms with van der Waals surface area (Å²) in [5.74, 6) is -4.13. The van der Waals surface area contributed by atoms with E-state index in [4.69, 9.17) is 5.73 Å². The molecule has 0 bridgehead atoms. The average molecular weight is 754 g/mol. The van der Waals surface area contributed by atoms with E-state index in [-0.39, 0.29) is 163 Å². The van der Waals surface area contributed by atoms with Crippen molar-refractivity contribution in [3.8, 4) is 5.75 Å². The second-order valence-electron chi connectivity index (χ2n) is 9.52. The third-order valence-corrected chi connectivity index (χ3v) is 8.18. The van der Waals surface area contributed by atoms with Crippen LogP contribution in [0.4, 0.5) is 28.4 Å². The minimum atomic E-state index is -5.21. The van der Waals surface area contributed by atoms with Crippen molar-refractivity contribution in [1.82, 2.24) is 0 Å². The molecule has 0 saturated carbocycles. The van der Waals surface area contributed by atoms with Gasteiger partial charge in [0, 0.05) is 33.0 Å². The van der Waals surface area contributed by atoms with Crippen LogP contribution in [0.2, 0.25) is 0 Å². The normalized spacial score (nSPS) is 11.4. The smallest absolute Gasteiger partial charge is 0.744 e. The van der Waals surface area contributed by atoms with E-state index in [0.29, 0.717) is 0 Å². The van der Waals surface area contributed by atoms with Crippen molar-refractivity contribution in [3.05, 3.63) is 83.9 Å². The molecule has 0 amide bonds. The Bertz CT molecular complexity index is 2400. The summed E-state index contributed by atoms with van der Waals surface area (Å²) in [6, 6.07) is 13.3. The Morgan fingerprint density at radius 3 is 1.72 bits per heavy atom. The maximum Gasteiger partial charge on any atom is 1.00 e. The fourth-order valence-corrected chi connectivity index (χ4v) is 5.53. The van der Waals surface area contributed by atoms with E-state index in [0.717, 1.165) is 36.4 Å². The molecule has 0 radical (unpaired) electrons. The van der Waals surface area contributed by atoms with E-state index in [1.165, 1.54) is 36.4 Å². The van der Waals surface area contributed by atoms with Crippen LogP contribution in [0.3, 0.4) is 0 Å². The third-order valence-electron chi connectivity index (χ3n) is 6.50. The van der Waals surface area contributed by atoms with Crippen molar-refractivity contribution in [3.63, 3.8) is 0 Å². The second kappa shape index (κ2) is 18.3. The van der Waals surface area contributed by atoms with Gasteiger partial charge < -0.3 is 39.7 Å². The number of phenols is 1. The summed E-state index contributed by atoms with van der Waals surface area (Å²) in [6.45, 7) is 0. The van der Waals surface area contributed by atoms with Gasteiger partial charge >= 0.3 is 118 Å². The van der Waals surface area contributed by atoms with Crippen LogP contribution in [0.15, 0.2) is 103 Å². The summed E-state index contributed by atoms with van der Waals surface area (Å²) in [5, 5.41) is 49.2. The first-order valence-electron chi connectivity index (χ1n) is 12.5. The first-order valence-corrected chi connectivity index (χ1v) is 15.3. The average Bonchev–Trinajstić information content (AvgIpc) is 2.98. The molecule has 0 aliphatic heterocycles. The Kier molecular flexibility index (Phi) is 16.9. The van der Waals surface area contributed by atoms with Crippen LogP contribution in [0, 0.1) is 0 Å². The fourth-order valence-electron chi connectivity index (χ4n) is 4.39. The number of phenolic OH excluding ortho intramolecular Hbond substituents is 1. The predicted octanol–water partition coefficient (Wildman–Crippen LogP) is -9.34. The van der Waals surface area contributed by atoms with E-state index in [1.54, 1.807) is 0 Å². The predicted molar refractivity (Wildman–Crippen MR) is 153 cm³/mol. The van der Waals surface area contributed by atoms with Gasteiger partial charge in [-0.3, -0.25) is 0 Å². The largest absolute Gasteiger partial charge is 1.00 e. The van der Waals surface area contributed by atoms with E-state index in [1.807, 2.05) is 0 Å². The molecule has 0 heterocycles. The number of nitrogen functional groups attached to an aromatic ring is 1. The van der Waals surface area contributed by atoms with Crippen molar-refractivity contribution in [2.75, 3.05) is 5.73 Å². The number of benzene rings is 5. The van der Waals surface area contributed by atoms with Gasteiger partial charge in [-0.1, -0.05) is 12.1 Å². The summed E-state index contributed by atoms with van der Waals surface area (Å²) in [4.78, 5) is 21.0. The van der Waals surface area contributed by atoms with Gasteiger partial charge in [-0.2, -0.15) is 5.11 Å². The van der Waals surface area contributed by atoms with Crippen LogP contribution in [0.5, 0.6) is 5.75 Å². The zero-order valence-electron chi connectivity index (χ0n) is 26.6. The molecule has 5 rings (SSSR count). The molecule has 3 N–H and O–H groups in total. The monoisotopic (exact) mass is 753 g/mol. The van der Waals surface area contributed by atoms with Crippen LogP contribution in [-0.4, -0.2) is 43.0 Å². The molecule has 0 spiro atoms. The number of aromatic carboxylic acids is 2. The summed E-state index contributed by atoms with van der Waals surface area (Å²) < 4.78 is 71.5. The molecule has 50 heavy (non-hydrogen) atoms. The number of azo groups is 2. The van der Waals surface area contributed by atoms with E-state index >= 15 is 0 Å². The first kappa shape index (κ1) is 46.2. The van der Waals surface area contributed by atoms with Crippen molar-refractivity contribution < 1.29 is 169 Å². The number of hydrogen-bond donors (Lipinski definition) is 2. The fraction of sp³-hybridized carbons (Fsp3) is 0. The molecule has 0 unspecified atom stereocenters. The Morgan fingerprint density at radius 2 is 1.18 bits per heavy atom. The van der Waals surface area contributed by atoms with Gasteiger partial charge in [0.1, 0.15) is 25.9 Å². The van der Waals surface area contributed by atoms with Gasteiger partial charge in [-0.15, -0.1) is 15.3 Å². The van der Waals surface area contributed by atoms with Crippen LogP contribution in [0.1, 0.15) is 20.7 Å². The van der Waals surface area contributed by atoms with Gasteiger partial charge in [0.25, 0.3) is 0 Å². The van der Waals surface area contributed by atoms with Gasteiger partial charge in [0.15, 0.2) is 5.75 Å². The van der Waals surface area contributed by atoms with Crippen molar-refractivity contribution in [2.24, 2.45) is 20.5 Å². The maximum absolute atomic E-state index is 12.1. The van der Waals surface area contributed by atoms with E-state index in [2.05, 4.69) is 20.5 Å². The Labute approximate surface area is 371 Å². The molecule has 16 nitrogen and oxygen atoms in total. The van der Waals surface area contributed by atoms with Gasteiger partial charge in [0.2, 0.25) is 0 Å². The van der Waals surface area contributed by atoms with Crippen molar-refractivity contribution in [1.29, 1.82) is 0 Å². The number of carbonyl (C=O) groups excluding carboxylic acids is 2.